The lowest BCUT2D eigenvalue weighted by Crippen LogP contribution is -2.23. The van der Waals surface area contributed by atoms with Gasteiger partial charge in [-0.05, 0) is 48.7 Å². The summed E-state index contributed by atoms with van der Waals surface area (Å²) in [5.74, 6) is -0.324. The van der Waals surface area contributed by atoms with E-state index in [1.807, 2.05) is 0 Å². The molecule has 94 valence electrons. The average molecular weight is 265 g/mol. The Bertz CT molecular complexity index is 578. The molecule has 0 aromatic heterocycles. The van der Waals surface area contributed by atoms with Gasteiger partial charge in [-0.2, -0.15) is 0 Å². The van der Waals surface area contributed by atoms with Gasteiger partial charge in [0, 0.05) is 5.02 Å². The highest BCUT2D eigenvalue weighted by Crippen LogP contribution is 2.31. The molecular formula is C15H14ClFO. The van der Waals surface area contributed by atoms with Crippen molar-refractivity contribution >= 4 is 11.6 Å². The van der Waals surface area contributed by atoms with Crippen molar-refractivity contribution in [3.8, 4) is 0 Å². The first-order valence-electron chi connectivity index (χ1n) is 5.66. The molecule has 1 N–H and O–H groups in total. The van der Waals surface area contributed by atoms with Crippen LogP contribution in [0.2, 0.25) is 5.02 Å². The maximum Gasteiger partial charge on any atom is 0.126 e. The van der Waals surface area contributed by atoms with Crippen molar-refractivity contribution in [2.75, 3.05) is 0 Å². The van der Waals surface area contributed by atoms with Crippen LogP contribution in [0.15, 0.2) is 42.5 Å². The van der Waals surface area contributed by atoms with Gasteiger partial charge in [0.15, 0.2) is 0 Å². The van der Waals surface area contributed by atoms with Gasteiger partial charge in [0.2, 0.25) is 0 Å². The van der Waals surface area contributed by atoms with E-state index < -0.39 is 5.60 Å². The Balaban J connectivity index is 2.50. The van der Waals surface area contributed by atoms with E-state index in [2.05, 4.69) is 0 Å². The van der Waals surface area contributed by atoms with Crippen LogP contribution < -0.4 is 0 Å². The van der Waals surface area contributed by atoms with Crippen molar-refractivity contribution in [3.05, 3.63) is 70.0 Å². The molecule has 1 atom stereocenters. The first kappa shape index (κ1) is 13.1. The lowest BCUT2D eigenvalue weighted by atomic mass is 9.88. The molecule has 2 aromatic carbocycles. The zero-order valence-electron chi connectivity index (χ0n) is 10.2. The fourth-order valence-electron chi connectivity index (χ4n) is 1.85. The van der Waals surface area contributed by atoms with Crippen molar-refractivity contribution in [2.45, 2.75) is 19.4 Å². The van der Waals surface area contributed by atoms with E-state index in [0.717, 1.165) is 0 Å². The topological polar surface area (TPSA) is 20.2 Å². The summed E-state index contributed by atoms with van der Waals surface area (Å²) in [5, 5.41) is 11.1. The molecule has 0 saturated heterocycles. The molecule has 18 heavy (non-hydrogen) atoms. The van der Waals surface area contributed by atoms with E-state index in [0.29, 0.717) is 21.7 Å². The molecule has 0 bridgehead atoms. The van der Waals surface area contributed by atoms with Crippen LogP contribution in [-0.4, -0.2) is 5.11 Å². The predicted molar refractivity (Wildman–Crippen MR) is 71.3 cm³/mol. The Hall–Kier alpha value is -1.38. The summed E-state index contributed by atoms with van der Waals surface area (Å²) in [5.41, 5.74) is 0.436. The second kappa shape index (κ2) is 4.71. The van der Waals surface area contributed by atoms with E-state index in [1.54, 1.807) is 50.2 Å². The minimum absolute atomic E-state index is 0.324. The van der Waals surface area contributed by atoms with Gasteiger partial charge in [0.05, 0.1) is 0 Å². The molecule has 0 heterocycles. The van der Waals surface area contributed by atoms with E-state index >= 15 is 0 Å². The van der Waals surface area contributed by atoms with Crippen LogP contribution in [0.3, 0.4) is 0 Å². The third kappa shape index (κ3) is 2.40. The summed E-state index contributed by atoms with van der Waals surface area (Å²) < 4.78 is 13.6. The van der Waals surface area contributed by atoms with Gasteiger partial charge < -0.3 is 5.11 Å². The molecule has 0 amide bonds. The monoisotopic (exact) mass is 264 g/mol. The third-order valence-corrected chi connectivity index (χ3v) is 3.36. The summed E-state index contributed by atoms with van der Waals surface area (Å²) in [6, 6.07) is 11.7. The van der Waals surface area contributed by atoms with Gasteiger partial charge in [0.25, 0.3) is 0 Å². The summed E-state index contributed by atoms with van der Waals surface area (Å²) in [6.45, 7) is 3.32. The first-order valence-corrected chi connectivity index (χ1v) is 6.04. The summed E-state index contributed by atoms with van der Waals surface area (Å²) >= 11 is 5.91. The minimum Gasteiger partial charge on any atom is -0.381 e. The molecule has 2 rings (SSSR count). The zero-order valence-corrected chi connectivity index (χ0v) is 11.0. The Morgan fingerprint density at radius 1 is 1.11 bits per heavy atom. The van der Waals surface area contributed by atoms with Gasteiger partial charge in [-0.25, -0.2) is 4.39 Å². The first-order chi connectivity index (χ1) is 8.41. The zero-order chi connectivity index (χ0) is 13.3. The summed E-state index contributed by atoms with van der Waals surface area (Å²) in [6.07, 6.45) is 0. The summed E-state index contributed by atoms with van der Waals surface area (Å²) in [4.78, 5) is 0. The summed E-state index contributed by atoms with van der Waals surface area (Å²) in [7, 11) is 0. The number of hydrogen-bond donors (Lipinski definition) is 1. The molecule has 3 heteroatoms. The molecule has 0 fully saturated rings. The van der Waals surface area contributed by atoms with Gasteiger partial charge >= 0.3 is 0 Å². The lowest BCUT2D eigenvalue weighted by Gasteiger charge is -2.25. The van der Waals surface area contributed by atoms with Crippen LogP contribution in [0, 0.1) is 12.7 Å². The number of rotatable bonds is 2. The van der Waals surface area contributed by atoms with E-state index in [4.69, 9.17) is 11.6 Å². The second-order valence-corrected chi connectivity index (χ2v) is 4.98. The average Bonchev–Trinajstić information content (AvgIpc) is 2.32. The molecule has 0 aliphatic rings. The Morgan fingerprint density at radius 2 is 1.78 bits per heavy atom. The molecule has 1 nitrogen and oxygen atoms in total. The molecule has 0 aliphatic carbocycles. The fraction of sp³-hybridized carbons (Fsp3) is 0.200. The number of aryl methyl sites for hydroxylation is 1. The van der Waals surface area contributed by atoms with Gasteiger partial charge in [-0.15, -0.1) is 0 Å². The van der Waals surface area contributed by atoms with Crippen LogP contribution in [0.1, 0.15) is 23.6 Å². The van der Waals surface area contributed by atoms with E-state index in [-0.39, 0.29) is 5.82 Å². The highest BCUT2D eigenvalue weighted by molar-refractivity contribution is 6.30. The maximum absolute atomic E-state index is 13.6. The second-order valence-electron chi connectivity index (χ2n) is 4.55. The molecular weight excluding hydrogens is 251 g/mol. The quantitative estimate of drug-likeness (QED) is 0.868. The lowest BCUT2D eigenvalue weighted by molar-refractivity contribution is 0.102. The number of halogens is 2. The molecule has 0 spiro atoms. The molecule has 2 aromatic rings. The Morgan fingerprint density at radius 3 is 2.39 bits per heavy atom. The standard InChI is InChI=1S/C15H14ClFO/c1-10-6-7-12(9-14(10)17)15(2,18)11-4-3-5-13(16)8-11/h3-9,18H,1-2H3. The molecule has 0 radical (unpaired) electrons. The largest absolute Gasteiger partial charge is 0.381 e. The Labute approximate surface area is 111 Å². The fourth-order valence-corrected chi connectivity index (χ4v) is 2.04. The number of aliphatic hydroxyl groups is 1. The van der Waals surface area contributed by atoms with Crippen molar-refractivity contribution in [2.24, 2.45) is 0 Å². The minimum atomic E-state index is -1.26. The Kier molecular flexibility index (Phi) is 3.42. The van der Waals surface area contributed by atoms with Crippen molar-refractivity contribution in [1.29, 1.82) is 0 Å². The van der Waals surface area contributed by atoms with Gasteiger partial charge in [-0.1, -0.05) is 35.9 Å². The number of benzene rings is 2. The normalized spacial score (nSPS) is 14.3. The SMILES string of the molecule is Cc1ccc(C(C)(O)c2cccc(Cl)c2)cc1F. The third-order valence-electron chi connectivity index (χ3n) is 3.12. The van der Waals surface area contributed by atoms with Crippen molar-refractivity contribution in [1.82, 2.24) is 0 Å². The predicted octanol–water partition coefficient (Wildman–Crippen LogP) is 4.04. The van der Waals surface area contributed by atoms with Crippen LogP contribution in [0.5, 0.6) is 0 Å². The van der Waals surface area contributed by atoms with Crippen LogP contribution >= 0.6 is 11.6 Å². The van der Waals surface area contributed by atoms with Gasteiger partial charge in [0.1, 0.15) is 11.4 Å². The highest BCUT2D eigenvalue weighted by Gasteiger charge is 2.26. The highest BCUT2D eigenvalue weighted by atomic mass is 35.5. The van der Waals surface area contributed by atoms with E-state index in [9.17, 15) is 9.50 Å². The van der Waals surface area contributed by atoms with Crippen LogP contribution in [0.4, 0.5) is 4.39 Å². The maximum atomic E-state index is 13.6. The molecule has 0 aliphatic heterocycles. The van der Waals surface area contributed by atoms with Crippen LogP contribution in [0.25, 0.3) is 0 Å². The van der Waals surface area contributed by atoms with Crippen molar-refractivity contribution in [3.63, 3.8) is 0 Å². The van der Waals surface area contributed by atoms with E-state index in [1.165, 1.54) is 6.07 Å². The smallest absolute Gasteiger partial charge is 0.126 e. The van der Waals surface area contributed by atoms with Gasteiger partial charge in [-0.3, -0.25) is 0 Å². The molecule has 0 saturated carbocycles. The van der Waals surface area contributed by atoms with Crippen molar-refractivity contribution < 1.29 is 9.50 Å². The van der Waals surface area contributed by atoms with Crippen LogP contribution in [-0.2, 0) is 5.60 Å². The molecule has 1 unspecified atom stereocenters. The number of hydrogen-bond acceptors (Lipinski definition) is 1.